The third-order valence-electron chi connectivity index (χ3n) is 3.83. The Balaban J connectivity index is 1.90. The monoisotopic (exact) mass is 319 g/mol. The molecule has 2 aliphatic rings. The second kappa shape index (κ2) is 4.39. The molecule has 0 bridgehead atoms. The Kier molecular flexibility index (Phi) is 2.95. The van der Waals surface area contributed by atoms with Gasteiger partial charge in [0.25, 0.3) is 0 Å². The third kappa shape index (κ3) is 1.99. The molecule has 98 valence electrons. The van der Waals surface area contributed by atoms with E-state index in [2.05, 4.69) is 28.2 Å². The highest BCUT2D eigenvalue weighted by Crippen LogP contribution is 2.34. The van der Waals surface area contributed by atoms with E-state index in [9.17, 15) is 9.59 Å². The maximum atomic E-state index is 12.4. The number of rotatable bonds is 2. The van der Waals surface area contributed by atoms with Crippen LogP contribution in [-0.4, -0.2) is 28.5 Å². The average Bonchev–Trinajstić information content (AvgIpc) is 2.39. The number of alkyl halides is 1. The zero-order chi connectivity index (χ0) is 13.6. The molecular formula is C15H14BrNO2. The quantitative estimate of drug-likeness (QED) is 0.852. The predicted molar refractivity (Wildman–Crippen MR) is 76.9 cm³/mol. The van der Waals surface area contributed by atoms with Crippen LogP contribution in [0.25, 0.3) is 0 Å². The van der Waals surface area contributed by atoms with Gasteiger partial charge in [0.2, 0.25) is 0 Å². The number of hydrogen-bond donors (Lipinski definition) is 1. The van der Waals surface area contributed by atoms with Gasteiger partial charge in [-0.25, -0.2) is 0 Å². The van der Waals surface area contributed by atoms with Gasteiger partial charge in [-0.15, -0.1) is 0 Å². The summed E-state index contributed by atoms with van der Waals surface area (Å²) in [5.41, 5.74) is 1.66. The number of halogens is 1. The Hall–Kier alpha value is -1.26. The number of carbonyl (C=O) groups excluding carboxylic acids is 2. The van der Waals surface area contributed by atoms with Gasteiger partial charge in [-0.3, -0.25) is 9.59 Å². The molecule has 0 saturated carbocycles. The highest BCUT2D eigenvalue weighted by atomic mass is 79.9. The fourth-order valence-corrected chi connectivity index (χ4v) is 3.12. The Bertz CT molecular complexity index is 600. The molecule has 1 saturated heterocycles. The maximum absolute atomic E-state index is 12.4. The highest BCUT2D eigenvalue weighted by molar-refractivity contribution is 9.09. The van der Waals surface area contributed by atoms with E-state index in [0.717, 1.165) is 11.8 Å². The second-order valence-electron chi connectivity index (χ2n) is 5.43. The van der Waals surface area contributed by atoms with Crippen LogP contribution in [0.1, 0.15) is 34.1 Å². The summed E-state index contributed by atoms with van der Waals surface area (Å²) in [5, 5.41) is 4.20. The van der Waals surface area contributed by atoms with Gasteiger partial charge < -0.3 is 5.32 Å². The van der Waals surface area contributed by atoms with E-state index >= 15 is 0 Å². The fourth-order valence-electron chi connectivity index (χ4n) is 2.73. The number of Topliss-reactive ketones (excluding diaryl/α,β-unsaturated/α-hetero) is 1. The van der Waals surface area contributed by atoms with Gasteiger partial charge in [0, 0.05) is 33.6 Å². The van der Waals surface area contributed by atoms with E-state index in [1.54, 1.807) is 24.3 Å². The van der Waals surface area contributed by atoms with Gasteiger partial charge in [0.1, 0.15) is 0 Å². The zero-order valence-electron chi connectivity index (χ0n) is 10.6. The number of hydrogen-bond acceptors (Lipinski definition) is 3. The number of allylic oxidation sites excluding steroid dienone is 1. The van der Waals surface area contributed by atoms with Crippen LogP contribution in [0.4, 0.5) is 0 Å². The zero-order valence-corrected chi connectivity index (χ0v) is 12.2. The van der Waals surface area contributed by atoms with E-state index in [1.807, 2.05) is 0 Å². The first-order valence-corrected chi connectivity index (χ1v) is 7.39. The molecule has 2 atom stereocenters. The summed E-state index contributed by atoms with van der Waals surface area (Å²) < 4.78 is 0. The summed E-state index contributed by atoms with van der Waals surface area (Å²) in [7, 11) is 0. The lowest BCUT2D eigenvalue weighted by Gasteiger charge is -2.47. The van der Waals surface area contributed by atoms with Crippen LogP contribution in [0.3, 0.4) is 0 Å². The number of fused-ring (bicyclic) bond motifs is 1. The molecular weight excluding hydrogens is 306 g/mol. The molecule has 1 fully saturated rings. The molecule has 2 unspecified atom stereocenters. The van der Waals surface area contributed by atoms with E-state index in [1.165, 1.54) is 6.08 Å². The molecule has 1 aromatic rings. The Labute approximate surface area is 120 Å². The smallest absolute Gasteiger partial charge is 0.191 e. The van der Waals surface area contributed by atoms with Gasteiger partial charge in [-0.2, -0.15) is 0 Å². The number of carbonyl (C=O) groups is 2. The molecule has 0 amide bonds. The van der Waals surface area contributed by atoms with Crippen LogP contribution >= 0.6 is 15.9 Å². The number of ketones is 2. The van der Waals surface area contributed by atoms with Crippen LogP contribution < -0.4 is 5.32 Å². The van der Waals surface area contributed by atoms with Crippen LogP contribution in [0, 0.1) is 0 Å². The van der Waals surface area contributed by atoms with E-state index in [-0.39, 0.29) is 23.1 Å². The first kappa shape index (κ1) is 12.8. The van der Waals surface area contributed by atoms with Crippen molar-refractivity contribution in [3.05, 3.63) is 47.0 Å². The van der Waals surface area contributed by atoms with Crippen molar-refractivity contribution in [3.63, 3.8) is 0 Å². The fraction of sp³-hybridized carbons (Fsp3) is 0.333. The van der Waals surface area contributed by atoms with Crippen LogP contribution in [0.5, 0.6) is 0 Å². The summed E-state index contributed by atoms with van der Waals surface area (Å²) in [4.78, 5) is 24.5. The minimum absolute atomic E-state index is 0.00708. The van der Waals surface area contributed by atoms with Crippen LogP contribution in [-0.2, 0) is 0 Å². The molecule has 1 N–H and O–H groups in total. The van der Waals surface area contributed by atoms with Gasteiger partial charge in [0.15, 0.2) is 11.6 Å². The third-order valence-corrected chi connectivity index (χ3v) is 5.07. The maximum Gasteiger partial charge on any atom is 0.191 e. The van der Waals surface area contributed by atoms with Crippen molar-refractivity contribution in [2.24, 2.45) is 0 Å². The van der Waals surface area contributed by atoms with E-state index in [0.29, 0.717) is 16.7 Å². The Morgan fingerprint density at radius 2 is 1.95 bits per heavy atom. The first-order valence-electron chi connectivity index (χ1n) is 6.27. The van der Waals surface area contributed by atoms with Crippen molar-refractivity contribution in [1.29, 1.82) is 0 Å². The number of benzene rings is 1. The molecule has 3 nitrogen and oxygen atoms in total. The summed E-state index contributed by atoms with van der Waals surface area (Å²) in [5.74, 6) is -0.0937. The van der Waals surface area contributed by atoms with Crippen molar-refractivity contribution in [3.8, 4) is 0 Å². The highest BCUT2D eigenvalue weighted by Gasteiger charge is 2.43. The lowest BCUT2D eigenvalue weighted by molar-refractivity contribution is 0.0956. The SMILES string of the molecule is CC1(CBr)CC(C2=CC(=O)c3ccccc3C2=O)N1. The summed E-state index contributed by atoms with van der Waals surface area (Å²) in [6.07, 6.45) is 2.36. The molecule has 3 rings (SSSR count). The molecule has 0 radical (unpaired) electrons. The normalized spacial score (nSPS) is 29.6. The molecule has 1 aliphatic carbocycles. The van der Waals surface area contributed by atoms with E-state index in [4.69, 9.17) is 0 Å². The molecule has 1 heterocycles. The van der Waals surface area contributed by atoms with Crippen molar-refractivity contribution in [2.45, 2.75) is 24.9 Å². The summed E-state index contributed by atoms with van der Waals surface area (Å²) in [6.45, 7) is 2.10. The Morgan fingerprint density at radius 3 is 2.58 bits per heavy atom. The first-order chi connectivity index (χ1) is 9.04. The standard InChI is InChI=1S/C15H14BrNO2/c1-15(8-16)7-12(17-15)11-6-13(18)9-4-2-3-5-10(9)14(11)19/h2-6,12,17H,7-8H2,1H3. The topological polar surface area (TPSA) is 46.2 Å². The van der Waals surface area contributed by atoms with Gasteiger partial charge >= 0.3 is 0 Å². The molecule has 19 heavy (non-hydrogen) atoms. The summed E-state index contributed by atoms with van der Waals surface area (Å²) in [6, 6.07) is 7.01. The number of nitrogens with one attached hydrogen (secondary N) is 1. The minimum atomic E-state index is -0.0700. The second-order valence-corrected chi connectivity index (χ2v) is 5.99. The van der Waals surface area contributed by atoms with Crippen molar-refractivity contribution >= 4 is 27.5 Å². The minimum Gasteiger partial charge on any atom is -0.304 e. The van der Waals surface area contributed by atoms with Crippen molar-refractivity contribution in [2.75, 3.05) is 5.33 Å². The lowest BCUT2D eigenvalue weighted by Crippen LogP contribution is -2.64. The molecule has 0 spiro atoms. The predicted octanol–water partition coefficient (Wildman–Crippen LogP) is 2.51. The Morgan fingerprint density at radius 1 is 1.32 bits per heavy atom. The lowest BCUT2D eigenvalue weighted by atomic mass is 9.76. The average molecular weight is 320 g/mol. The van der Waals surface area contributed by atoms with Crippen molar-refractivity contribution < 1.29 is 9.59 Å². The molecule has 4 heteroatoms. The largest absolute Gasteiger partial charge is 0.304 e. The molecule has 1 aliphatic heterocycles. The van der Waals surface area contributed by atoms with Crippen molar-refractivity contribution in [1.82, 2.24) is 5.32 Å². The molecule has 0 aromatic heterocycles. The summed E-state index contributed by atoms with van der Waals surface area (Å²) >= 11 is 3.45. The molecule has 1 aromatic carbocycles. The van der Waals surface area contributed by atoms with E-state index < -0.39 is 0 Å². The van der Waals surface area contributed by atoms with Crippen LogP contribution in [0.15, 0.2) is 35.9 Å². The van der Waals surface area contributed by atoms with Gasteiger partial charge in [-0.05, 0) is 19.4 Å². The van der Waals surface area contributed by atoms with Gasteiger partial charge in [0.05, 0.1) is 0 Å². The van der Waals surface area contributed by atoms with Crippen LogP contribution in [0.2, 0.25) is 0 Å². The van der Waals surface area contributed by atoms with Gasteiger partial charge in [-0.1, -0.05) is 40.2 Å².